The molecule has 1 aromatic heterocycles. The number of aryl methyl sites for hydroxylation is 1. The number of nitrogens with one attached hydrogen (secondary N) is 1. The fraction of sp³-hybridized carbons (Fsp3) is 0.294. The molecule has 0 radical (unpaired) electrons. The largest absolute Gasteiger partial charge is 0.473 e. The molecule has 0 amide bonds. The van der Waals surface area contributed by atoms with Gasteiger partial charge in [-0.1, -0.05) is 30.3 Å². The molecule has 11 heteroatoms. The number of H-pyrrole nitrogens is 1. The van der Waals surface area contributed by atoms with Gasteiger partial charge >= 0.3 is 17.0 Å². The van der Waals surface area contributed by atoms with Gasteiger partial charge in [-0.25, -0.2) is 14.4 Å². The minimum atomic E-state index is -1.14. The van der Waals surface area contributed by atoms with Crippen LogP contribution >= 0.6 is 24.2 Å². The monoisotopic (exact) mass is 430 g/mol. The molecule has 0 bridgehead atoms. The molecule has 0 fully saturated rings. The first-order chi connectivity index (χ1) is 13.2. The van der Waals surface area contributed by atoms with Crippen molar-refractivity contribution in [3.8, 4) is 0 Å². The van der Waals surface area contributed by atoms with Gasteiger partial charge in [0.2, 0.25) is 0 Å². The number of nitrogens with zero attached hydrogens (tertiary/aromatic N) is 1. The minimum absolute atomic E-state index is 0.0416. The molecule has 0 saturated heterocycles. The highest BCUT2D eigenvalue weighted by molar-refractivity contribution is 7.96. The fourth-order valence-electron chi connectivity index (χ4n) is 2.04. The van der Waals surface area contributed by atoms with Gasteiger partial charge in [0, 0.05) is 30.9 Å². The van der Waals surface area contributed by atoms with Crippen LogP contribution < -0.4 is 11.2 Å². The molecule has 28 heavy (non-hydrogen) atoms. The SMILES string of the molecule is COC(CCn1ccc(=O)[nH]c1=O)COC(=O)c1cccc(Cl)c1.O=C(O)S. The predicted octanol–water partition coefficient (Wildman–Crippen LogP) is 2.05. The van der Waals surface area contributed by atoms with Crippen molar-refractivity contribution in [2.75, 3.05) is 13.7 Å². The zero-order chi connectivity index (χ0) is 21.1. The van der Waals surface area contributed by atoms with Crippen molar-refractivity contribution in [3.63, 3.8) is 0 Å². The number of aromatic nitrogens is 2. The molecule has 0 spiro atoms. The number of carboxylic acid groups (broad SMARTS) is 1. The Kier molecular flexibility index (Phi) is 10.1. The van der Waals surface area contributed by atoms with Crippen LogP contribution in [0, 0.1) is 0 Å². The number of carbonyl (C=O) groups excluding carboxylic acids is 1. The van der Waals surface area contributed by atoms with E-state index in [-0.39, 0.29) is 12.7 Å². The Hall–Kier alpha value is -2.56. The van der Waals surface area contributed by atoms with E-state index in [1.54, 1.807) is 18.2 Å². The van der Waals surface area contributed by atoms with Crippen LogP contribution in [0.4, 0.5) is 4.79 Å². The van der Waals surface area contributed by atoms with Crippen molar-refractivity contribution in [1.82, 2.24) is 9.55 Å². The van der Waals surface area contributed by atoms with Crippen molar-refractivity contribution in [3.05, 3.63) is 68.0 Å². The van der Waals surface area contributed by atoms with E-state index >= 15 is 0 Å². The van der Waals surface area contributed by atoms with Crippen LogP contribution in [-0.4, -0.2) is 45.7 Å². The van der Waals surface area contributed by atoms with Crippen LogP contribution in [0.3, 0.4) is 0 Å². The molecule has 0 aliphatic heterocycles. The first-order valence-electron chi connectivity index (χ1n) is 7.90. The Morgan fingerprint density at radius 2 is 2.00 bits per heavy atom. The van der Waals surface area contributed by atoms with E-state index in [0.29, 0.717) is 23.6 Å². The second-order valence-electron chi connectivity index (χ2n) is 5.34. The molecule has 0 aliphatic rings. The number of ether oxygens (including phenoxy) is 2. The smallest absolute Gasteiger partial charge is 0.361 e. The van der Waals surface area contributed by atoms with Gasteiger partial charge in [0.05, 0.1) is 11.7 Å². The lowest BCUT2D eigenvalue weighted by molar-refractivity contribution is 0.00650. The number of hydrogen-bond donors (Lipinski definition) is 3. The maximum atomic E-state index is 12.0. The second kappa shape index (κ2) is 12.0. The average Bonchev–Trinajstić information content (AvgIpc) is 2.62. The quantitative estimate of drug-likeness (QED) is 0.453. The van der Waals surface area contributed by atoms with E-state index in [1.165, 1.54) is 30.0 Å². The third kappa shape index (κ3) is 8.89. The molecule has 1 heterocycles. The van der Waals surface area contributed by atoms with Gasteiger partial charge in [0.15, 0.2) is 0 Å². The van der Waals surface area contributed by atoms with E-state index in [2.05, 4.69) is 17.6 Å². The van der Waals surface area contributed by atoms with E-state index in [1.807, 2.05) is 0 Å². The lowest BCUT2D eigenvalue weighted by Gasteiger charge is -2.16. The highest BCUT2D eigenvalue weighted by Gasteiger charge is 2.13. The van der Waals surface area contributed by atoms with E-state index < -0.39 is 22.5 Å². The van der Waals surface area contributed by atoms with Crippen molar-refractivity contribution in [1.29, 1.82) is 0 Å². The van der Waals surface area contributed by atoms with E-state index in [9.17, 15) is 14.4 Å². The number of rotatable bonds is 7. The summed E-state index contributed by atoms with van der Waals surface area (Å²) in [5, 5.41) is 6.59. The summed E-state index contributed by atoms with van der Waals surface area (Å²) in [7, 11) is 1.49. The van der Waals surface area contributed by atoms with Gasteiger partial charge in [0.25, 0.3) is 5.56 Å². The molecule has 2 aromatic rings. The first-order valence-corrected chi connectivity index (χ1v) is 8.72. The van der Waals surface area contributed by atoms with Crippen molar-refractivity contribution in [2.24, 2.45) is 0 Å². The lowest BCUT2D eigenvalue weighted by Crippen LogP contribution is -2.31. The third-order valence-corrected chi connectivity index (χ3v) is 3.62. The van der Waals surface area contributed by atoms with Gasteiger partial charge in [-0.15, -0.1) is 0 Å². The number of carbonyl (C=O) groups is 2. The molecule has 9 nitrogen and oxygen atoms in total. The first kappa shape index (κ1) is 23.5. The van der Waals surface area contributed by atoms with Crippen molar-refractivity contribution >= 4 is 35.5 Å². The van der Waals surface area contributed by atoms with Crippen LogP contribution in [-0.2, 0) is 16.0 Å². The van der Waals surface area contributed by atoms with Crippen LogP contribution in [0.1, 0.15) is 16.8 Å². The number of aromatic amines is 1. The molecular formula is C17H19ClN2O7S. The maximum Gasteiger partial charge on any atom is 0.361 e. The zero-order valence-electron chi connectivity index (χ0n) is 14.8. The van der Waals surface area contributed by atoms with E-state index in [0.717, 1.165) is 0 Å². The highest BCUT2D eigenvalue weighted by atomic mass is 35.5. The van der Waals surface area contributed by atoms with Crippen LogP contribution in [0.5, 0.6) is 0 Å². The summed E-state index contributed by atoms with van der Waals surface area (Å²) in [6, 6.07) is 7.72. The Bertz CT molecular complexity index is 909. The maximum absolute atomic E-state index is 12.0. The topological polar surface area (TPSA) is 128 Å². The predicted molar refractivity (Wildman–Crippen MR) is 105 cm³/mol. The van der Waals surface area contributed by atoms with Crippen LogP contribution in [0.2, 0.25) is 5.02 Å². The number of benzene rings is 1. The number of thiol groups is 1. The Morgan fingerprint density at radius 1 is 1.32 bits per heavy atom. The van der Waals surface area contributed by atoms with Gasteiger partial charge in [-0.3, -0.25) is 9.78 Å². The Labute approximate surface area is 170 Å². The molecule has 0 aliphatic carbocycles. The standard InChI is InChI=1S/C16H17ClN2O5.CH2O2S/c1-23-13(5-7-19-8-6-14(20)18-16(19)22)10-24-15(21)11-3-2-4-12(17)9-11;2-1(3)4/h2-4,6,8-9,13H,5,7,10H2,1H3,(H,18,20,22);4H,(H,2,3). The molecule has 2 N–H and O–H groups in total. The van der Waals surface area contributed by atoms with Gasteiger partial charge in [0.1, 0.15) is 6.61 Å². The average molecular weight is 431 g/mol. The Balaban J connectivity index is 0.000000892. The molecule has 1 aromatic carbocycles. The molecule has 2 rings (SSSR count). The molecular weight excluding hydrogens is 412 g/mol. The molecule has 1 unspecified atom stereocenters. The van der Waals surface area contributed by atoms with Gasteiger partial charge in [-0.05, 0) is 24.6 Å². The summed E-state index contributed by atoms with van der Waals surface area (Å²) in [6.45, 7) is 0.364. The zero-order valence-corrected chi connectivity index (χ0v) is 16.5. The summed E-state index contributed by atoms with van der Waals surface area (Å²) in [6.07, 6.45) is 1.46. The molecule has 0 saturated carbocycles. The lowest BCUT2D eigenvalue weighted by atomic mass is 10.2. The Morgan fingerprint density at radius 3 is 2.57 bits per heavy atom. The number of esters is 1. The summed E-state index contributed by atoms with van der Waals surface area (Å²) in [5.74, 6) is -0.499. The minimum Gasteiger partial charge on any atom is -0.473 e. The normalized spacial score (nSPS) is 11.1. The summed E-state index contributed by atoms with van der Waals surface area (Å²) in [5.41, 5.74) is -0.586. The van der Waals surface area contributed by atoms with Crippen LogP contribution in [0.25, 0.3) is 0 Å². The third-order valence-electron chi connectivity index (χ3n) is 3.38. The van der Waals surface area contributed by atoms with Gasteiger partial charge < -0.3 is 19.1 Å². The number of halogens is 1. The van der Waals surface area contributed by atoms with Crippen molar-refractivity contribution < 1.29 is 24.2 Å². The molecule has 1 atom stereocenters. The van der Waals surface area contributed by atoms with Crippen LogP contribution in [0.15, 0.2) is 46.1 Å². The second-order valence-corrected chi connectivity index (χ2v) is 6.16. The number of methoxy groups -OCH3 is 1. The van der Waals surface area contributed by atoms with Crippen molar-refractivity contribution in [2.45, 2.75) is 19.1 Å². The summed E-state index contributed by atoms with van der Waals surface area (Å²) in [4.78, 5) is 45.6. The summed E-state index contributed by atoms with van der Waals surface area (Å²) >= 11 is 8.72. The highest BCUT2D eigenvalue weighted by Crippen LogP contribution is 2.12. The molecule has 152 valence electrons. The number of hydrogen-bond acceptors (Lipinski definition) is 6. The van der Waals surface area contributed by atoms with Gasteiger partial charge in [-0.2, -0.15) is 0 Å². The fourth-order valence-corrected chi connectivity index (χ4v) is 2.23. The van der Waals surface area contributed by atoms with E-state index in [4.69, 9.17) is 31.0 Å². The summed E-state index contributed by atoms with van der Waals surface area (Å²) < 4.78 is 11.8.